The SMILES string of the molecule is CCOc1c(Br)cc(/C=C2\SC(=O)N(Cc3ccc([N+](=O)[O-])cc3)C2=O)cc1Br. The second kappa shape index (κ2) is 9.10. The van der Waals surface area contributed by atoms with Gasteiger partial charge in [-0.1, -0.05) is 12.1 Å². The molecule has 29 heavy (non-hydrogen) atoms. The van der Waals surface area contributed by atoms with Crippen LogP contribution in [-0.2, 0) is 11.3 Å². The lowest BCUT2D eigenvalue weighted by Gasteiger charge is -2.12. The molecule has 1 heterocycles. The Morgan fingerprint density at radius 1 is 1.17 bits per heavy atom. The number of halogens is 2. The van der Waals surface area contributed by atoms with E-state index in [1.165, 1.54) is 24.3 Å². The molecule has 0 radical (unpaired) electrons. The summed E-state index contributed by atoms with van der Waals surface area (Å²) in [6.45, 7) is 2.45. The number of nitro benzene ring substituents is 1. The molecule has 1 aliphatic heterocycles. The molecule has 10 heteroatoms. The van der Waals surface area contributed by atoms with Gasteiger partial charge in [-0.15, -0.1) is 0 Å². The van der Waals surface area contributed by atoms with Crippen LogP contribution in [0.4, 0.5) is 10.5 Å². The molecular weight excluding hydrogens is 528 g/mol. The molecule has 0 unspecified atom stereocenters. The number of non-ortho nitro benzene ring substituents is 1. The van der Waals surface area contributed by atoms with Crippen LogP contribution in [0.15, 0.2) is 50.2 Å². The number of imide groups is 1. The molecule has 0 bridgehead atoms. The van der Waals surface area contributed by atoms with Gasteiger partial charge < -0.3 is 4.74 Å². The monoisotopic (exact) mass is 540 g/mol. The lowest BCUT2D eigenvalue weighted by atomic mass is 10.2. The van der Waals surface area contributed by atoms with Crippen molar-refractivity contribution in [2.45, 2.75) is 13.5 Å². The van der Waals surface area contributed by atoms with Gasteiger partial charge >= 0.3 is 0 Å². The second-order valence-corrected chi connectivity index (χ2v) is 8.64. The Morgan fingerprint density at radius 3 is 2.34 bits per heavy atom. The normalized spacial score (nSPS) is 15.3. The molecule has 0 aromatic heterocycles. The lowest BCUT2D eigenvalue weighted by molar-refractivity contribution is -0.384. The zero-order valence-corrected chi connectivity index (χ0v) is 19.0. The summed E-state index contributed by atoms with van der Waals surface area (Å²) in [6, 6.07) is 9.37. The van der Waals surface area contributed by atoms with Gasteiger partial charge in [0.25, 0.3) is 16.8 Å². The van der Waals surface area contributed by atoms with Gasteiger partial charge in [0.1, 0.15) is 5.75 Å². The molecule has 0 atom stereocenters. The number of amides is 2. The van der Waals surface area contributed by atoms with E-state index in [-0.39, 0.29) is 17.5 Å². The van der Waals surface area contributed by atoms with Crippen LogP contribution < -0.4 is 4.74 Å². The van der Waals surface area contributed by atoms with Crippen molar-refractivity contribution < 1.29 is 19.2 Å². The fourth-order valence-corrected chi connectivity index (χ4v) is 4.93. The number of benzene rings is 2. The van der Waals surface area contributed by atoms with E-state index >= 15 is 0 Å². The molecular formula is C19H14Br2N2O5S. The number of nitro groups is 1. The Kier molecular flexibility index (Phi) is 6.76. The number of carbonyl (C=O) groups is 2. The van der Waals surface area contributed by atoms with Crippen LogP contribution in [0, 0.1) is 10.1 Å². The van der Waals surface area contributed by atoms with Crippen LogP contribution in [0.1, 0.15) is 18.1 Å². The van der Waals surface area contributed by atoms with E-state index in [1.807, 2.05) is 6.92 Å². The molecule has 0 N–H and O–H groups in total. The van der Waals surface area contributed by atoms with Crippen molar-refractivity contribution in [3.8, 4) is 5.75 Å². The van der Waals surface area contributed by atoms with Gasteiger partial charge in [-0.25, -0.2) is 0 Å². The van der Waals surface area contributed by atoms with Crippen molar-refractivity contribution in [1.82, 2.24) is 4.90 Å². The van der Waals surface area contributed by atoms with E-state index < -0.39 is 10.8 Å². The third-order valence-electron chi connectivity index (χ3n) is 3.97. The molecule has 150 valence electrons. The van der Waals surface area contributed by atoms with Crippen LogP contribution in [0.3, 0.4) is 0 Å². The summed E-state index contributed by atoms with van der Waals surface area (Å²) in [5.41, 5.74) is 1.31. The lowest BCUT2D eigenvalue weighted by Crippen LogP contribution is -2.27. The predicted molar refractivity (Wildman–Crippen MR) is 118 cm³/mol. The Bertz CT molecular complexity index is 1000. The van der Waals surface area contributed by atoms with Crippen molar-refractivity contribution in [3.63, 3.8) is 0 Å². The highest BCUT2D eigenvalue weighted by Crippen LogP contribution is 2.38. The number of rotatable bonds is 6. The predicted octanol–water partition coefficient (Wildman–Crippen LogP) is 5.76. The van der Waals surface area contributed by atoms with Gasteiger partial charge in [-0.2, -0.15) is 0 Å². The average Bonchev–Trinajstić information content (AvgIpc) is 2.92. The summed E-state index contributed by atoms with van der Waals surface area (Å²) in [7, 11) is 0. The maximum Gasteiger partial charge on any atom is 0.293 e. The standard InChI is InChI=1S/C19H14Br2N2O5S/c1-2-28-17-14(20)7-12(8-15(17)21)9-16-18(24)22(19(25)29-16)10-11-3-5-13(6-4-11)23(26)27/h3-9H,2,10H2,1H3/b16-9-. The number of thioether (sulfide) groups is 1. The number of hydrogen-bond acceptors (Lipinski definition) is 6. The average molecular weight is 542 g/mol. The molecule has 2 aromatic carbocycles. The fourth-order valence-electron chi connectivity index (χ4n) is 2.64. The Hall–Kier alpha value is -2.17. The van der Waals surface area contributed by atoms with Crippen molar-refractivity contribution >= 4 is 66.5 Å². The van der Waals surface area contributed by atoms with Crippen LogP contribution in [-0.4, -0.2) is 27.6 Å². The zero-order chi connectivity index (χ0) is 21.1. The molecule has 2 aromatic rings. The topological polar surface area (TPSA) is 89.8 Å². The molecule has 2 amide bonds. The summed E-state index contributed by atoms with van der Waals surface area (Å²) < 4.78 is 7.00. The summed E-state index contributed by atoms with van der Waals surface area (Å²) in [5, 5.41) is 10.4. The summed E-state index contributed by atoms with van der Waals surface area (Å²) >= 11 is 7.75. The molecule has 0 aliphatic carbocycles. The summed E-state index contributed by atoms with van der Waals surface area (Å²) in [6.07, 6.45) is 1.64. The highest BCUT2D eigenvalue weighted by atomic mass is 79.9. The number of carbonyl (C=O) groups excluding carboxylic acids is 2. The molecule has 1 fully saturated rings. The Balaban J connectivity index is 1.80. The third kappa shape index (κ3) is 4.88. The molecule has 3 rings (SSSR count). The van der Waals surface area contributed by atoms with Crippen LogP contribution >= 0.6 is 43.6 Å². The quantitative estimate of drug-likeness (QED) is 0.262. The van der Waals surface area contributed by atoms with E-state index in [9.17, 15) is 19.7 Å². The maximum atomic E-state index is 12.7. The number of ether oxygens (including phenoxy) is 1. The largest absolute Gasteiger partial charge is 0.492 e. The van der Waals surface area contributed by atoms with E-state index in [2.05, 4.69) is 31.9 Å². The van der Waals surface area contributed by atoms with Crippen molar-refractivity contribution in [2.75, 3.05) is 6.61 Å². The minimum Gasteiger partial charge on any atom is -0.492 e. The fraction of sp³-hybridized carbons (Fsp3) is 0.158. The minimum absolute atomic E-state index is 0.0468. The highest BCUT2D eigenvalue weighted by molar-refractivity contribution is 9.11. The van der Waals surface area contributed by atoms with Gasteiger partial charge in [-0.05, 0) is 79.9 Å². The molecule has 7 nitrogen and oxygen atoms in total. The Labute approximate surface area is 187 Å². The van der Waals surface area contributed by atoms with Gasteiger partial charge in [0.15, 0.2) is 0 Å². The van der Waals surface area contributed by atoms with E-state index in [1.54, 1.807) is 18.2 Å². The first-order valence-electron chi connectivity index (χ1n) is 8.40. The number of hydrogen-bond donors (Lipinski definition) is 0. The van der Waals surface area contributed by atoms with Crippen LogP contribution in [0.2, 0.25) is 0 Å². The third-order valence-corrected chi connectivity index (χ3v) is 6.05. The van der Waals surface area contributed by atoms with Crippen molar-refractivity contribution in [1.29, 1.82) is 0 Å². The van der Waals surface area contributed by atoms with Crippen molar-refractivity contribution in [3.05, 3.63) is 71.5 Å². The first-order chi connectivity index (χ1) is 13.8. The first kappa shape index (κ1) is 21.5. The molecule has 0 spiro atoms. The van der Waals surface area contributed by atoms with Gasteiger partial charge in [0.2, 0.25) is 0 Å². The summed E-state index contributed by atoms with van der Waals surface area (Å²) in [5.74, 6) is 0.260. The van der Waals surface area contributed by atoms with E-state index in [0.29, 0.717) is 22.8 Å². The minimum atomic E-state index is -0.500. The van der Waals surface area contributed by atoms with Gasteiger partial charge in [-0.3, -0.25) is 24.6 Å². The second-order valence-electron chi connectivity index (χ2n) is 5.94. The highest BCUT2D eigenvalue weighted by Gasteiger charge is 2.35. The molecule has 1 aliphatic rings. The van der Waals surface area contributed by atoms with Crippen LogP contribution in [0.25, 0.3) is 6.08 Å². The summed E-state index contributed by atoms with van der Waals surface area (Å²) in [4.78, 5) is 36.7. The first-order valence-corrected chi connectivity index (χ1v) is 10.8. The van der Waals surface area contributed by atoms with Gasteiger partial charge in [0.05, 0.1) is 31.9 Å². The number of nitrogens with zero attached hydrogens (tertiary/aromatic N) is 2. The van der Waals surface area contributed by atoms with Gasteiger partial charge in [0, 0.05) is 12.1 Å². The van der Waals surface area contributed by atoms with E-state index in [4.69, 9.17) is 4.74 Å². The van der Waals surface area contributed by atoms with Crippen LogP contribution in [0.5, 0.6) is 5.75 Å². The molecule has 0 saturated carbocycles. The maximum absolute atomic E-state index is 12.7. The molecule has 1 saturated heterocycles. The smallest absolute Gasteiger partial charge is 0.293 e. The Morgan fingerprint density at radius 2 is 1.79 bits per heavy atom. The van der Waals surface area contributed by atoms with E-state index in [0.717, 1.165) is 31.2 Å². The van der Waals surface area contributed by atoms with Crippen molar-refractivity contribution in [2.24, 2.45) is 0 Å². The zero-order valence-electron chi connectivity index (χ0n) is 15.1.